The number of nitrogens with one attached hydrogen (secondary N) is 1. The molecule has 0 radical (unpaired) electrons. The van der Waals surface area contributed by atoms with Crippen LogP contribution in [0.3, 0.4) is 0 Å². The number of carbonyl (C=O) groups is 2. The van der Waals surface area contributed by atoms with E-state index in [0.29, 0.717) is 24.4 Å². The summed E-state index contributed by atoms with van der Waals surface area (Å²) in [5.74, 6) is 0.646. The number of ketones is 1. The monoisotopic (exact) mass is 439 g/mol. The lowest BCUT2D eigenvalue weighted by Crippen LogP contribution is -2.50. The van der Waals surface area contributed by atoms with Crippen molar-refractivity contribution in [2.45, 2.75) is 26.9 Å². The molecule has 0 bridgehead atoms. The van der Waals surface area contributed by atoms with Crippen molar-refractivity contribution in [1.82, 2.24) is 9.80 Å². The fourth-order valence-corrected chi connectivity index (χ4v) is 3.85. The third-order valence-electron chi connectivity index (χ3n) is 5.75. The minimum atomic E-state index is -0.610. The van der Waals surface area contributed by atoms with Gasteiger partial charge in [-0.3, -0.25) is 19.4 Å². The Morgan fingerprint density at radius 2 is 1.59 bits per heavy atom. The summed E-state index contributed by atoms with van der Waals surface area (Å²) in [4.78, 5) is 28.1. The molecule has 0 saturated carbocycles. The van der Waals surface area contributed by atoms with Gasteiger partial charge < -0.3 is 15.2 Å². The Kier molecular flexibility index (Phi) is 8.39. The molecule has 172 valence electrons. The van der Waals surface area contributed by atoms with Crippen LogP contribution in [0.4, 0.5) is 5.69 Å². The summed E-state index contributed by atoms with van der Waals surface area (Å²) in [6, 6.07) is 12.9. The van der Waals surface area contributed by atoms with E-state index >= 15 is 0 Å². The van der Waals surface area contributed by atoms with E-state index in [4.69, 9.17) is 4.74 Å². The largest absolute Gasteiger partial charge is 0.491 e. The summed E-state index contributed by atoms with van der Waals surface area (Å²) in [6.07, 6.45) is -0.610. The first-order valence-electron chi connectivity index (χ1n) is 11.0. The zero-order valence-electron chi connectivity index (χ0n) is 19.1. The highest BCUT2D eigenvalue weighted by atomic mass is 16.5. The van der Waals surface area contributed by atoms with Crippen molar-refractivity contribution >= 4 is 17.4 Å². The van der Waals surface area contributed by atoms with Crippen molar-refractivity contribution in [2.24, 2.45) is 0 Å². The Bertz CT molecular complexity index is 901. The SMILES string of the molecule is CC(=O)c1ccc(OC[C@@H](O)CN2CCN(CC(=O)Nc3c(C)cccc3C)CC2)cc1. The lowest BCUT2D eigenvalue weighted by atomic mass is 10.1. The summed E-state index contributed by atoms with van der Waals surface area (Å²) < 4.78 is 5.64. The summed E-state index contributed by atoms with van der Waals surface area (Å²) in [7, 11) is 0. The molecular weight excluding hydrogens is 406 g/mol. The molecule has 1 atom stereocenters. The van der Waals surface area contributed by atoms with E-state index in [-0.39, 0.29) is 18.3 Å². The number of rotatable bonds is 9. The standard InChI is InChI=1S/C25H33N3O4/c1-18-5-4-6-19(2)25(18)26-24(31)16-28-13-11-27(12-14-28)15-22(30)17-32-23-9-7-21(8-10-23)20(3)29/h4-10,22,30H,11-17H2,1-3H3,(H,26,31)/t22-/m0/s1. The Hall–Kier alpha value is -2.74. The predicted molar refractivity (Wildman–Crippen MR) is 125 cm³/mol. The van der Waals surface area contributed by atoms with Crippen molar-refractivity contribution in [3.8, 4) is 5.75 Å². The number of ether oxygens (including phenoxy) is 1. The lowest BCUT2D eigenvalue weighted by Gasteiger charge is -2.35. The molecule has 32 heavy (non-hydrogen) atoms. The second-order valence-corrected chi connectivity index (χ2v) is 8.44. The molecule has 0 aromatic heterocycles. The zero-order chi connectivity index (χ0) is 23.1. The van der Waals surface area contributed by atoms with Crippen LogP contribution < -0.4 is 10.1 Å². The Morgan fingerprint density at radius 3 is 2.19 bits per heavy atom. The first kappa shape index (κ1) is 23.9. The van der Waals surface area contributed by atoms with Crippen LogP contribution in [0, 0.1) is 13.8 Å². The van der Waals surface area contributed by atoms with Crippen molar-refractivity contribution in [2.75, 3.05) is 51.2 Å². The van der Waals surface area contributed by atoms with Crippen molar-refractivity contribution in [3.63, 3.8) is 0 Å². The number of aliphatic hydroxyl groups excluding tert-OH is 1. The molecule has 7 nitrogen and oxygen atoms in total. The molecule has 3 rings (SSSR count). The molecule has 7 heteroatoms. The van der Waals surface area contributed by atoms with Gasteiger partial charge in [-0.1, -0.05) is 18.2 Å². The molecule has 2 N–H and O–H groups in total. The highest BCUT2D eigenvalue weighted by molar-refractivity contribution is 5.94. The van der Waals surface area contributed by atoms with Crippen LogP contribution in [-0.4, -0.2) is 78.6 Å². The molecule has 1 amide bonds. The molecule has 1 aliphatic heterocycles. The van der Waals surface area contributed by atoms with Crippen LogP contribution in [0.1, 0.15) is 28.4 Å². The number of aryl methyl sites for hydroxylation is 2. The van der Waals surface area contributed by atoms with Crippen LogP contribution >= 0.6 is 0 Å². The Balaban J connectivity index is 1.37. The van der Waals surface area contributed by atoms with Gasteiger partial charge in [0, 0.05) is 44.0 Å². The first-order valence-corrected chi connectivity index (χ1v) is 11.0. The number of hydrogen-bond acceptors (Lipinski definition) is 6. The second-order valence-electron chi connectivity index (χ2n) is 8.44. The number of carbonyl (C=O) groups excluding carboxylic acids is 2. The number of aliphatic hydroxyl groups is 1. The van der Waals surface area contributed by atoms with Crippen LogP contribution in [0.5, 0.6) is 5.75 Å². The first-order chi connectivity index (χ1) is 15.3. The Morgan fingerprint density at radius 1 is 1.00 bits per heavy atom. The number of piperazine rings is 1. The number of hydrogen-bond donors (Lipinski definition) is 2. The van der Waals surface area contributed by atoms with E-state index in [2.05, 4.69) is 15.1 Å². The normalized spacial score (nSPS) is 15.9. The van der Waals surface area contributed by atoms with E-state index < -0.39 is 6.10 Å². The number of β-amino-alcohol motifs (C(OH)–C–C–N with tert-alkyl or cyclic N) is 1. The third kappa shape index (κ3) is 6.88. The molecule has 0 unspecified atom stereocenters. The summed E-state index contributed by atoms with van der Waals surface area (Å²) in [5, 5.41) is 13.4. The smallest absolute Gasteiger partial charge is 0.238 e. The average Bonchev–Trinajstić information content (AvgIpc) is 2.76. The summed E-state index contributed by atoms with van der Waals surface area (Å²) in [6.45, 7) is 9.74. The van der Waals surface area contributed by atoms with E-state index in [1.807, 2.05) is 32.0 Å². The van der Waals surface area contributed by atoms with Crippen LogP contribution in [0.2, 0.25) is 0 Å². The van der Waals surface area contributed by atoms with Crippen LogP contribution in [0.25, 0.3) is 0 Å². The predicted octanol–water partition coefficient (Wildman–Crippen LogP) is 2.50. The van der Waals surface area contributed by atoms with Gasteiger partial charge in [0.15, 0.2) is 5.78 Å². The summed E-state index contributed by atoms with van der Waals surface area (Å²) in [5.41, 5.74) is 3.66. The minimum Gasteiger partial charge on any atom is -0.491 e. The lowest BCUT2D eigenvalue weighted by molar-refractivity contribution is -0.117. The number of Topliss-reactive ketones (excluding diaryl/α,β-unsaturated/α-hetero) is 1. The minimum absolute atomic E-state index is 0.0000707. The number of benzene rings is 2. The maximum atomic E-state index is 12.5. The molecule has 1 aliphatic rings. The maximum Gasteiger partial charge on any atom is 0.238 e. The third-order valence-corrected chi connectivity index (χ3v) is 5.75. The van der Waals surface area contributed by atoms with Crippen LogP contribution in [0.15, 0.2) is 42.5 Å². The van der Waals surface area contributed by atoms with Gasteiger partial charge in [-0.15, -0.1) is 0 Å². The van der Waals surface area contributed by atoms with Gasteiger partial charge in [-0.05, 0) is 56.2 Å². The molecule has 2 aromatic rings. The fraction of sp³-hybridized carbons (Fsp3) is 0.440. The average molecular weight is 440 g/mol. The van der Waals surface area contributed by atoms with E-state index in [9.17, 15) is 14.7 Å². The van der Waals surface area contributed by atoms with E-state index in [1.54, 1.807) is 24.3 Å². The van der Waals surface area contributed by atoms with E-state index in [1.165, 1.54) is 6.92 Å². The number of amides is 1. The number of para-hydroxylation sites is 1. The van der Waals surface area contributed by atoms with Crippen LogP contribution in [-0.2, 0) is 4.79 Å². The number of anilines is 1. The molecule has 1 heterocycles. The van der Waals surface area contributed by atoms with Gasteiger partial charge in [0.25, 0.3) is 0 Å². The van der Waals surface area contributed by atoms with Gasteiger partial charge in [0.05, 0.1) is 6.54 Å². The van der Waals surface area contributed by atoms with Gasteiger partial charge in [0.2, 0.25) is 5.91 Å². The Labute approximate surface area is 190 Å². The number of nitrogens with zero attached hydrogens (tertiary/aromatic N) is 2. The maximum absolute atomic E-state index is 12.5. The van der Waals surface area contributed by atoms with Gasteiger partial charge in [0.1, 0.15) is 18.5 Å². The molecule has 1 fully saturated rings. The topological polar surface area (TPSA) is 82.1 Å². The molecule has 1 saturated heterocycles. The van der Waals surface area contributed by atoms with Crippen molar-refractivity contribution < 1.29 is 19.4 Å². The van der Waals surface area contributed by atoms with Crippen molar-refractivity contribution in [3.05, 3.63) is 59.2 Å². The molecule has 0 aliphatic carbocycles. The van der Waals surface area contributed by atoms with Gasteiger partial charge >= 0.3 is 0 Å². The summed E-state index contributed by atoms with van der Waals surface area (Å²) >= 11 is 0. The van der Waals surface area contributed by atoms with Gasteiger partial charge in [-0.2, -0.15) is 0 Å². The highest BCUT2D eigenvalue weighted by Crippen LogP contribution is 2.19. The highest BCUT2D eigenvalue weighted by Gasteiger charge is 2.21. The fourth-order valence-electron chi connectivity index (χ4n) is 3.85. The quantitative estimate of drug-likeness (QED) is 0.585. The molecule has 2 aromatic carbocycles. The molecular formula is C25H33N3O4. The van der Waals surface area contributed by atoms with E-state index in [0.717, 1.165) is 43.0 Å². The second kappa shape index (κ2) is 11.2. The van der Waals surface area contributed by atoms with Gasteiger partial charge in [-0.25, -0.2) is 0 Å². The molecule has 0 spiro atoms. The zero-order valence-corrected chi connectivity index (χ0v) is 19.1. The van der Waals surface area contributed by atoms with Crippen molar-refractivity contribution in [1.29, 1.82) is 0 Å².